The Balaban J connectivity index is 0.959. The maximum absolute atomic E-state index is 6.51. The van der Waals surface area contributed by atoms with Gasteiger partial charge in [-0.3, -0.25) is 0 Å². The van der Waals surface area contributed by atoms with Gasteiger partial charge in [0.1, 0.15) is 22.3 Å². The Morgan fingerprint density at radius 3 is 1.51 bits per heavy atom. The number of nitrogens with zero attached hydrogens (tertiary/aromatic N) is 4. The molecule has 0 fully saturated rings. The Morgan fingerprint density at radius 1 is 0.298 bits per heavy atom. The van der Waals surface area contributed by atoms with Crippen LogP contribution in [0, 0.1) is 0 Å². The van der Waals surface area contributed by atoms with E-state index < -0.39 is 0 Å². The van der Waals surface area contributed by atoms with Crippen molar-refractivity contribution in [2.24, 2.45) is 0 Å². The van der Waals surface area contributed by atoms with Crippen molar-refractivity contribution in [2.75, 3.05) is 0 Å². The summed E-state index contributed by atoms with van der Waals surface area (Å²) in [6.07, 6.45) is 0. The molecule has 0 saturated heterocycles. The van der Waals surface area contributed by atoms with E-state index in [2.05, 4.69) is 126 Å². The van der Waals surface area contributed by atoms with Gasteiger partial charge < -0.3 is 13.4 Å². The molecule has 6 nitrogen and oxygen atoms in total. The molecule has 0 atom stereocenters. The third kappa shape index (κ3) is 5.08. The van der Waals surface area contributed by atoms with Gasteiger partial charge in [-0.1, -0.05) is 109 Å². The first-order valence-electron chi connectivity index (χ1n) is 19.0. The molecule has 6 heteroatoms. The highest BCUT2D eigenvalue weighted by Gasteiger charge is 2.18. The minimum Gasteiger partial charge on any atom is -0.456 e. The summed E-state index contributed by atoms with van der Waals surface area (Å²) in [5, 5.41) is 6.68. The molecule has 0 aliphatic heterocycles. The molecule has 0 N–H and O–H groups in total. The second kappa shape index (κ2) is 12.3. The highest BCUT2D eigenvalue weighted by molar-refractivity contribution is 6.12. The average molecular weight is 731 g/mol. The number of benzene rings is 8. The van der Waals surface area contributed by atoms with Crippen molar-refractivity contribution in [3.63, 3.8) is 0 Å². The molecular weight excluding hydrogens is 701 g/mol. The molecule has 0 bridgehead atoms. The van der Waals surface area contributed by atoms with E-state index in [9.17, 15) is 0 Å². The van der Waals surface area contributed by atoms with E-state index in [0.29, 0.717) is 17.5 Å². The summed E-state index contributed by atoms with van der Waals surface area (Å²) in [5.74, 6) is 1.73. The Bertz CT molecular complexity index is 3530. The number of rotatable bonds is 5. The molecule has 4 heterocycles. The van der Waals surface area contributed by atoms with Gasteiger partial charge >= 0.3 is 0 Å². The standard InChI is InChI=1S/C51H30N4O2/c1-3-11-31(12-4-1)49-52-50(34-19-23-39-38-16-8-10-18-45(38)56-47(39)29-34)54-51(53-49)35-20-24-40-42-28-33(22-26-46(42)57-48(40)30-35)32-21-25-44-41(27-32)37-15-7-9-17-43(37)55(44)36-13-5-2-6-14-36/h1-30H. The van der Waals surface area contributed by atoms with Gasteiger partial charge in [-0.25, -0.2) is 15.0 Å². The van der Waals surface area contributed by atoms with E-state index in [1.165, 1.54) is 21.8 Å². The fourth-order valence-electron chi connectivity index (χ4n) is 8.32. The molecule has 57 heavy (non-hydrogen) atoms. The van der Waals surface area contributed by atoms with E-state index in [-0.39, 0.29) is 0 Å². The van der Waals surface area contributed by atoms with Crippen molar-refractivity contribution >= 4 is 65.7 Å². The lowest BCUT2D eigenvalue weighted by molar-refractivity contribution is 0.668. The zero-order chi connectivity index (χ0) is 37.5. The van der Waals surface area contributed by atoms with Crippen molar-refractivity contribution in [1.29, 1.82) is 0 Å². The Kier molecular flexibility index (Phi) is 6.83. The van der Waals surface area contributed by atoms with Gasteiger partial charge in [-0.15, -0.1) is 0 Å². The zero-order valence-corrected chi connectivity index (χ0v) is 30.4. The SMILES string of the molecule is c1ccc(-c2nc(-c3ccc4c(c3)oc3ccccc34)nc(-c3ccc4c(c3)oc3ccc(-c5ccc6c(c5)c5ccccc5n6-c5ccccc5)cc34)n2)cc1. The van der Waals surface area contributed by atoms with Crippen LogP contribution >= 0.6 is 0 Å². The van der Waals surface area contributed by atoms with Crippen molar-refractivity contribution in [1.82, 2.24) is 19.5 Å². The second-order valence-corrected chi connectivity index (χ2v) is 14.4. The highest BCUT2D eigenvalue weighted by Crippen LogP contribution is 2.39. The number of hydrogen-bond donors (Lipinski definition) is 0. The van der Waals surface area contributed by atoms with Crippen molar-refractivity contribution in [3.05, 3.63) is 182 Å². The molecule has 4 aromatic heterocycles. The molecule has 0 spiro atoms. The molecular formula is C51H30N4O2. The van der Waals surface area contributed by atoms with Gasteiger partial charge in [0.2, 0.25) is 0 Å². The van der Waals surface area contributed by atoms with Crippen LogP contribution in [0.2, 0.25) is 0 Å². The van der Waals surface area contributed by atoms with Crippen LogP contribution in [0.4, 0.5) is 0 Å². The van der Waals surface area contributed by atoms with Crippen LogP contribution in [0.3, 0.4) is 0 Å². The molecule has 266 valence electrons. The van der Waals surface area contributed by atoms with Crippen LogP contribution in [0.1, 0.15) is 0 Å². The minimum atomic E-state index is 0.564. The molecule has 12 aromatic rings. The molecule has 0 radical (unpaired) electrons. The van der Waals surface area contributed by atoms with Gasteiger partial charge in [0.25, 0.3) is 0 Å². The summed E-state index contributed by atoms with van der Waals surface area (Å²) in [7, 11) is 0. The van der Waals surface area contributed by atoms with E-state index in [4.69, 9.17) is 23.8 Å². The second-order valence-electron chi connectivity index (χ2n) is 14.4. The molecule has 12 rings (SSSR count). The van der Waals surface area contributed by atoms with E-state index in [1.54, 1.807) is 0 Å². The monoisotopic (exact) mass is 730 g/mol. The summed E-state index contributed by atoms with van der Waals surface area (Å²) in [6, 6.07) is 62.9. The van der Waals surface area contributed by atoms with Crippen LogP contribution in [0.5, 0.6) is 0 Å². The number of para-hydroxylation sites is 3. The molecule has 0 unspecified atom stereocenters. The fraction of sp³-hybridized carbons (Fsp3) is 0. The maximum atomic E-state index is 6.51. The lowest BCUT2D eigenvalue weighted by Gasteiger charge is -2.08. The number of fused-ring (bicyclic) bond motifs is 9. The third-order valence-corrected chi connectivity index (χ3v) is 11.1. The summed E-state index contributed by atoms with van der Waals surface area (Å²) in [6.45, 7) is 0. The highest BCUT2D eigenvalue weighted by atomic mass is 16.3. The largest absolute Gasteiger partial charge is 0.456 e. The maximum Gasteiger partial charge on any atom is 0.164 e. The average Bonchev–Trinajstić information content (AvgIpc) is 3.95. The summed E-state index contributed by atoms with van der Waals surface area (Å²) >= 11 is 0. The first kappa shape index (κ1) is 31.5. The predicted molar refractivity (Wildman–Crippen MR) is 230 cm³/mol. The molecule has 0 amide bonds. The smallest absolute Gasteiger partial charge is 0.164 e. The van der Waals surface area contributed by atoms with E-state index >= 15 is 0 Å². The Morgan fingerprint density at radius 2 is 0.789 bits per heavy atom. The summed E-state index contributed by atoms with van der Waals surface area (Å²) in [5.41, 5.74) is 11.6. The van der Waals surface area contributed by atoms with Crippen LogP contribution in [0.25, 0.3) is 117 Å². The zero-order valence-electron chi connectivity index (χ0n) is 30.4. The fourth-order valence-corrected chi connectivity index (χ4v) is 8.32. The third-order valence-electron chi connectivity index (χ3n) is 11.1. The van der Waals surface area contributed by atoms with Crippen molar-refractivity contribution in [3.8, 4) is 51.0 Å². The number of aromatic nitrogens is 4. The van der Waals surface area contributed by atoms with Crippen LogP contribution in [-0.4, -0.2) is 19.5 Å². The van der Waals surface area contributed by atoms with Crippen LogP contribution < -0.4 is 0 Å². The van der Waals surface area contributed by atoms with Gasteiger partial charge in [0.05, 0.1) is 11.0 Å². The van der Waals surface area contributed by atoms with Gasteiger partial charge in [0.15, 0.2) is 17.5 Å². The minimum absolute atomic E-state index is 0.564. The van der Waals surface area contributed by atoms with E-state index in [1.807, 2.05) is 60.7 Å². The first-order valence-corrected chi connectivity index (χ1v) is 19.0. The van der Waals surface area contributed by atoms with Crippen LogP contribution in [0.15, 0.2) is 191 Å². The van der Waals surface area contributed by atoms with Gasteiger partial charge in [-0.2, -0.15) is 0 Å². The summed E-state index contributed by atoms with van der Waals surface area (Å²) < 4.78 is 15.1. The van der Waals surface area contributed by atoms with Gasteiger partial charge in [0, 0.05) is 54.7 Å². The topological polar surface area (TPSA) is 69.9 Å². The molecule has 0 saturated carbocycles. The van der Waals surface area contributed by atoms with Gasteiger partial charge in [-0.05, 0) is 83.9 Å². The molecule has 0 aliphatic rings. The Labute approximate surface area is 325 Å². The van der Waals surface area contributed by atoms with Crippen molar-refractivity contribution in [2.45, 2.75) is 0 Å². The predicted octanol–water partition coefficient (Wildman–Crippen LogP) is 13.4. The van der Waals surface area contributed by atoms with Crippen LogP contribution in [-0.2, 0) is 0 Å². The van der Waals surface area contributed by atoms with Crippen molar-refractivity contribution < 1.29 is 8.83 Å². The van der Waals surface area contributed by atoms with E-state index in [0.717, 1.165) is 77.4 Å². The molecule has 0 aliphatic carbocycles. The quantitative estimate of drug-likeness (QED) is 0.176. The normalized spacial score (nSPS) is 11.9. The Hall–Kier alpha value is -7.83. The first-order chi connectivity index (χ1) is 28.2. The number of hydrogen-bond acceptors (Lipinski definition) is 5. The number of furan rings is 2. The molecule has 8 aromatic carbocycles. The summed E-state index contributed by atoms with van der Waals surface area (Å²) in [4.78, 5) is 15.0. The lowest BCUT2D eigenvalue weighted by Crippen LogP contribution is -2.00. The lowest BCUT2D eigenvalue weighted by atomic mass is 10.0.